The van der Waals surface area contributed by atoms with Crippen molar-refractivity contribution >= 4 is 5.82 Å². The molecular weight excluding hydrogens is 250 g/mol. The van der Waals surface area contributed by atoms with Gasteiger partial charge >= 0.3 is 0 Å². The molecule has 0 aromatic carbocycles. The normalized spacial score (nSPS) is 27.4. The zero-order valence-corrected chi connectivity index (χ0v) is 12.5. The van der Waals surface area contributed by atoms with Crippen molar-refractivity contribution in [2.45, 2.75) is 31.8 Å². The van der Waals surface area contributed by atoms with Crippen LogP contribution in [0, 0.1) is 5.92 Å². The van der Waals surface area contributed by atoms with Crippen LogP contribution < -0.4 is 10.2 Å². The SMILES string of the molecule is CNCc1cnc(N2CCC3C(CCCN3C)C2)cn1. The Morgan fingerprint density at radius 2 is 2.15 bits per heavy atom. The molecule has 0 aliphatic carbocycles. The Bertz CT molecular complexity index is 432. The molecule has 0 amide bonds. The molecule has 5 heteroatoms. The number of rotatable bonds is 3. The van der Waals surface area contributed by atoms with E-state index in [2.05, 4.69) is 32.1 Å². The largest absolute Gasteiger partial charge is 0.355 e. The van der Waals surface area contributed by atoms with Gasteiger partial charge in [0.05, 0.1) is 18.1 Å². The molecule has 2 saturated heterocycles. The summed E-state index contributed by atoms with van der Waals surface area (Å²) in [7, 11) is 4.21. The molecule has 0 radical (unpaired) electrons. The molecule has 5 nitrogen and oxygen atoms in total. The molecule has 110 valence electrons. The van der Waals surface area contributed by atoms with Crippen LogP contribution in [0.5, 0.6) is 0 Å². The fraction of sp³-hybridized carbons (Fsp3) is 0.733. The van der Waals surface area contributed by atoms with E-state index in [1.54, 1.807) is 0 Å². The van der Waals surface area contributed by atoms with Gasteiger partial charge < -0.3 is 15.1 Å². The van der Waals surface area contributed by atoms with Gasteiger partial charge in [-0.05, 0) is 45.8 Å². The molecule has 0 bridgehead atoms. The van der Waals surface area contributed by atoms with Gasteiger partial charge in [-0.15, -0.1) is 0 Å². The third kappa shape index (κ3) is 2.79. The van der Waals surface area contributed by atoms with Gasteiger partial charge in [0, 0.05) is 25.7 Å². The first-order chi connectivity index (χ1) is 9.78. The number of fused-ring (bicyclic) bond motifs is 1. The van der Waals surface area contributed by atoms with Crippen molar-refractivity contribution in [3.8, 4) is 0 Å². The van der Waals surface area contributed by atoms with E-state index >= 15 is 0 Å². The molecule has 1 N–H and O–H groups in total. The molecule has 2 atom stereocenters. The fourth-order valence-electron chi connectivity index (χ4n) is 3.64. The van der Waals surface area contributed by atoms with Crippen LogP contribution in [0.4, 0.5) is 5.82 Å². The average molecular weight is 275 g/mol. The number of hydrogen-bond donors (Lipinski definition) is 1. The van der Waals surface area contributed by atoms with Crippen molar-refractivity contribution in [1.29, 1.82) is 0 Å². The Balaban J connectivity index is 1.66. The monoisotopic (exact) mass is 275 g/mol. The van der Waals surface area contributed by atoms with E-state index in [4.69, 9.17) is 0 Å². The van der Waals surface area contributed by atoms with Gasteiger partial charge in [0.15, 0.2) is 0 Å². The van der Waals surface area contributed by atoms with E-state index < -0.39 is 0 Å². The van der Waals surface area contributed by atoms with Gasteiger partial charge in [-0.2, -0.15) is 0 Å². The van der Waals surface area contributed by atoms with Crippen molar-refractivity contribution in [2.24, 2.45) is 5.92 Å². The van der Waals surface area contributed by atoms with Gasteiger partial charge in [0.1, 0.15) is 5.82 Å². The lowest BCUT2D eigenvalue weighted by molar-refractivity contribution is 0.102. The first-order valence-corrected chi connectivity index (χ1v) is 7.68. The topological polar surface area (TPSA) is 44.3 Å². The van der Waals surface area contributed by atoms with Gasteiger partial charge in [0.2, 0.25) is 0 Å². The molecule has 1 aromatic rings. The van der Waals surface area contributed by atoms with Crippen LogP contribution in [0.3, 0.4) is 0 Å². The van der Waals surface area contributed by atoms with Crippen LogP contribution in [-0.2, 0) is 6.54 Å². The molecule has 0 spiro atoms. The molecule has 1 aromatic heterocycles. The molecule has 2 fully saturated rings. The molecule has 2 unspecified atom stereocenters. The van der Waals surface area contributed by atoms with Crippen LogP contribution in [0.15, 0.2) is 12.4 Å². The number of likely N-dealkylation sites (tertiary alicyclic amines) is 1. The maximum atomic E-state index is 4.59. The summed E-state index contributed by atoms with van der Waals surface area (Å²) >= 11 is 0. The second kappa shape index (κ2) is 6.06. The smallest absolute Gasteiger partial charge is 0.147 e. The van der Waals surface area contributed by atoms with E-state index in [0.29, 0.717) is 0 Å². The number of anilines is 1. The van der Waals surface area contributed by atoms with Crippen molar-refractivity contribution in [3.63, 3.8) is 0 Å². The lowest BCUT2D eigenvalue weighted by Gasteiger charge is -2.46. The molecule has 2 aliphatic rings. The minimum atomic E-state index is 0.775. The summed E-state index contributed by atoms with van der Waals surface area (Å²) in [5.41, 5.74) is 1.00. The number of aromatic nitrogens is 2. The average Bonchev–Trinajstić information content (AvgIpc) is 2.48. The highest BCUT2D eigenvalue weighted by Gasteiger charge is 2.34. The van der Waals surface area contributed by atoms with Crippen LogP contribution in [0.2, 0.25) is 0 Å². The van der Waals surface area contributed by atoms with Gasteiger partial charge in [-0.1, -0.05) is 0 Å². The fourth-order valence-corrected chi connectivity index (χ4v) is 3.64. The summed E-state index contributed by atoms with van der Waals surface area (Å²) in [4.78, 5) is 14.0. The van der Waals surface area contributed by atoms with E-state index in [1.807, 2.05) is 19.4 Å². The standard InChI is InChI=1S/C15H25N5/c1-16-8-13-9-18-15(10-17-13)20-7-5-14-12(11-20)4-3-6-19(14)2/h9-10,12,14,16H,3-8,11H2,1-2H3. The molecule has 20 heavy (non-hydrogen) atoms. The second-order valence-corrected chi connectivity index (χ2v) is 6.08. The highest BCUT2D eigenvalue weighted by molar-refractivity contribution is 5.37. The first kappa shape index (κ1) is 13.8. The summed E-state index contributed by atoms with van der Waals surface area (Å²) in [6, 6.07) is 0.775. The predicted octanol–water partition coefficient (Wildman–Crippen LogP) is 1.12. The molecule has 3 rings (SSSR count). The van der Waals surface area contributed by atoms with E-state index in [0.717, 1.165) is 43.1 Å². The minimum Gasteiger partial charge on any atom is -0.355 e. The van der Waals surface area contributed by atoms with Gasteiger partial charge in [0.25, 0.3) is 0 Å². The number of piperidine rings is 2. The molecule has 0 saturated carbocycles. The van der Waals surface area contributed by atoms with Crippen LogP contribution in [0.25, 0.3) is 0 Å². The first-order valence-electron chi connectivity index (χ1n) is 7.68. The quantitative estimate of drug-likeness (QED) is 0.895. The highest BCUT2D eigenvalue weighted by Crippen LogP contribution is 2.31. The van der Waals surface area contributed by atoms with Crippen LogP contribution in [0.1, 0.15) is 25.0 Å². The minimum absolute atomic E-state index is 0.775. The summed E-state index contributed by atoms with van der Waals surface area (Å²) in [6.45, 7) is 4.28. The Hall–Kier alpha value is -1.20. The van der Waals surface area contributed by atoms with E-state index in [-0.39, 0.29) is 0 Å². The van der Waals surface area contributed by atoms with Crippen molar-refractivity contribution in [1.82, 2.24) is 20.2 Å². The van der Waals surface area contributed by atoms with Crippen LogP contribution >= 0.6 is 0 Å². The number of hydrogen-bond acceptors (Lipinski definition) is 5. The number of nitrogens with zero attached hydrogens (tertiary/aromatic N) is 4. The van der Waals surface area contributed by atoms with Crippen molar-refractivity contribution in [3.05, 3.63) is 18.1 Å². The third-order valence-electron chi connectivity index (χ3n) is 4.72. The Morgan fingerprint density at radius 3 is 2.90 bits per heavy atom. The molecule has 2 aliphatic heterocycles. The summed E-state index contributed by atoms with van der Waals surface area (Å²) in [5, 5.41) is 3.10. The van der Waals surface area contributed by atoms with Crippen LogP contribution in [-0.4, -0.2) is 54.6 Å². The predicted molar refractivity (Wildman–Crippen MR) is 80.8 cm³/mol. The Labute approximate surface area is 121 Å². The maximum absolute atomic E-state index is 4.59. The summed E-state index contributed by atoms with van der Waals surface area (Å²) in [5.74, 6) is 1.83. The van der Waals surface area contributed by atoms with E-state index in [9.17, 15) is 0 Å². The second-order valence-electron chi connectivity index (χ2n) is 6.08. The Kier molecular flexibility index (Phi) is 4.17. The zero-order chi connectivity index (χ0) is 13.9. The maximum Gasteiger partial charge on any atom is 0.147 e. The summed E-state index contributed by atoms with van der Waals surface area (Å²) in [6.07, 6.45) is 7.76. The highest BCUT2D eigenvalue weighted by atomic mass is 15.2. The van der Waals surface area contributed by atoms with Gasteiger partial charge in [-0.3, -0.25) is 4.98 Å². The zero-order valence-electron chi connectivity index (χ0n) is 12.5. The van der Waals surface area contributed by atoms with E-state index in [1.165, 1.54) is 25.8 Å². The summed E-state index contributed by atoms with van der Waals surface area (Å²) < 4.78 is 0. The third-order valence-corrected chi connectivity index (χ3v) is 4.72. The molecule has 3 heterocycles. The lowest BCUT2D eigenvalue weighted by Crippen LogP contribution is -2.52. The Morgan fingerprint density at radius 1 is 1.25 bits per heavy atom. The van der Waals surface area contributed by atoms with Crippen molar-refractivity contribution < 1.29 is 0 Å². The lowest BCUT2D eigenvalue weighted by atomic mass is 9.84. The van der Waals surface area contributed by atoms with Gasteiger partial charge in [-0.25, -0.2) is 4.98 Å². The van der Waals surface area contributed by atoms with Crippen molar-refractivity contribution in [2.75, 3.05) is 38.6 Å². The molecular formula is C15H25N5. The number of nitrogens with one attached hydrogen (secondary N) is 1.